The van der Waals surface area contributed by atoms with Gasteiger partial charge in [0.2, 0.25) is 0 Å². The van der Waals surface area contributed by atoms with Crippen molar-refractivity contribution in [1.29, 1.82) is 5.26 Å². The van der Waals surface area contributed by atoms with Crippen molar-refractivity contribution in [3.05, 3.63) is 95.6 Å². The van der Waals surface area contributed by atoms with Crippen LogP contribution in [0.15, 0.2) is 78.9 Å². The summed E-state index contributed by atoms with van der Waals surface area (Å²) in [4.78, 5) is 24.6. The molecule has 126 valence electrons. The molecule has 26 heavy (non-hydrogen) atoms. The Hall–Kier alpha value is -3.91. The number of rotatable bonds is 4. The van der Waals surface area contributed by atoms with Crippen LogP contribution in [0.4, 0.5) is 11.4 Å². The first-order chi connectivity index (χ1) is 12.7. The van der Waals surface area contributed by atoms with Gasteiger partial charge in [0.05, 0.1) is 11.6 Å². The van der Waals surface area contributed by atoms with Crippen LogP contribution >= 0.6 is 0 Å². The molecule has 3 aromatic rings. The van der Waals surface area contributed by atoms with Gasteiger partial charge in [0.15, 0.2) is 0 Å². The molecule has 0 atom stereocenters. The summed E-state index contributed by atoms with van der Waals surface area (Å²) in [7, 11) is 0. The summed E-state index contributed by atoms with van der Waals surface area (Å²) in [5.74, 6) is -0.541. The molecule has 0 saturated heterocycles. The van der Waals surface area contributed by atoms with Crippen molar-refractivity contribution in [1.82, 2.24) is 0 Å². The van der Waals surface area contributed by atoms with Crippen LogP contribution in [0.5, 0.6) is 0 Å². The summed E-state index contributed by atoms with van der Waals surface area (Å²) < 4.78 is 0. The monoisotopic (exact) mass is 341 g/mol. The number of nitrogens with zero attached hydrogens (tertiary/aromatic N) is 1. The average Bonchev–Trinajstić information content (AvgIpc) is 2.69. The number of anilines is 2. The van der Waals surface area contributed by atoms with Gasteiger partial charge in [-0.25, -0.2) is 0 Å². The Bertz CT molecular complexity index is 974. The molecule has 5 nitrogen and oxygen atoms in total. The van der Waals surface area contributed by atoms with E-state index >= 15 is 0 Å². The Kier molecular flexibility index (Phi) is 5.06. The lowest BCUT2D eigenvalue weighted by atomic mass is 10.1. The van der Waals surface area contributed by atoms with E-state index in [1.165, 1.54) is 0 Å². The van der Waals surface area contributed by atoms with Gasteiger partial charge < -0.3 is 10.6 Å². The molecule has 0 saturated carbocycles. The van der Waals surface area contributed by atoms with Gasteiger partial charge >= 0.3 is 0 Å². The zero-order chi connectivity index (χ0) is 18.4. The zero-order valence-corrected chi connectivity index (χ0v) is 13.8. The minimum Gasteiger partial charge on any atom is -0.322 e. The second-order valence-electron chi connectivity index (χ2n) is 5.54. The Morgan fingerprint density at radius 2 is 1.31 bits per heavy atom. The number of carbonyl (C=O) groups excluding carboxylic acids is 2. The highest BCUT2D eigenvalue weighted by Gasteiger charge is 2.09. The fourth-order valence-electron chi connectivity index (χ4n) is 2.36. The van der Waals surface area contributed by atoms with Crippen molar-refractivity contribution < 1.29 is 9.59 Å². The molecular formula is C21H15N3O2. The number of nitrogens with one attached hydrogen (secondary N) is 2. The minimum absolute atomic E-state index is 0.241. The van der Waals surface area contributed by atoms with Gasteiger partial charge in [-0.15, -0.1) is 0 Å². The van der Waals surface area contributed by atoms with Crippen molar-refractivity contribution in [3.8, 4) is 6.07 Å². The van der Waals surface area contributed by atoms with E-state index in [9.17, 15) is 9.59 Å². The first-order valence-corrected chi connectivity index (χ1v) is 7.94. The molecule has 2 amide bonds. The molecule has 0 spiro atoms. The summed E-state index contributed by atoms with van der Waals surface area (Å²) in [6.07, 6.45) is 0. The first kappa shape index (κ1) is 16.9. The molecule has 0 aromatic heterocycles. The second kappa shape index (κ2) is 7.77. The minimum atomic E-state index is -0.300. The van der Waals surface area contributed by atoms with Crippen molar-refractivity contribution in [2.75, 3.05) is 10.6 Å². The van der Waals surface area contributed by atoms with E-state index in [-0.39, 0.29) is 11.8 Å². The van der Waals surface area contributed by atoms with Crippen molar-refractivity contribution in [2.45, 2.75) is 0 Å². The summed E-state index contributed by atoms with van der Waals surface area (Å²) in [5, 5.41) is 14.3. The highest BCUT2D eigenvalue weighted by Crippen LogP contribution is 2.15. The van der Waals surface area contributed by atoms with Gasteiger partial charge in [0.25, 0.3) is 11.8 Å². The molecule has 0 fully saturated rings. The summed E-state index contributed by atoms with van der Waals surface area (Å²) in [6.45, 7) is 0. The molecule has 0 aliphatic heterocycles. The van der Waals surface area contributed by atoms with Crippen LogP contribution in [0.1, 0.15) is 26.3 Å². The summed E-state index contributed by atoms with van der Waals surface area (Å²) >= 11 is 0. The van der Waals surface area contributed by atoms with E-state index in [0.717, 1.165) is 0 Å². The summed E-state index contributed by atoms with van der Waals surface area (Å²) in [6, 6.07) is 24.2. The van der Waals surface area contributed by atoms with Crippen LogP contribution in [-0.2, 0) is 0 Å². The third-order valence-electron chi connectivity index (χ3n) is 3.69. The lowest BCUT2D eigenvalue weighted by Crippen LogP contribution is -2.14. The molecular weight excluding hydrogens is 326 g/mol. The smallest absolute Gasteiger partial charge is 0.255 e. The molecule has 0 aliphatic carbocycles. The standard InChI is InChI=1S/C21H15N3O2/c22-14-15-9-11-18(12-10-15)23-21(26)17-7-4-8-19(13-17)24-20(25)16-5-2-1-3-6-16/h1-13H,(H,23,26)(H,24,25). The van der Waals surface area contributed by atoms with E-state index in [2.05, 4.69) is 10.6 Å². The lowest BCUT2D eigenvalue weighted by Gasteiger charge is -2.08. The molecule has 0 radical (unpaired) electrons. The Morgan fingerprint density at radius 1 is 0.692 bits per heavy atom. The molecule has 3 aromatic carbocycles. The zero-order valence-electron chi connectivity index (χ0n) is 13.8. The van der Waals surface area contributed by atoms with E-state index in [4.69, 9.17) is 5.26 Å². The molecule has 0 bridgehead atoms. The maximum absolute atomic E-state index is 12.4. The van der Waals surface area contributed by atoms with Crippen LogP contribution in [0.25, 0.3) is 0 Å². The van der Waals surface area contributed by atoms with E-state index in [1.807, 2.05) is 12.1 Å². The number of amides is 2. The molecule has 5 heteroatoms. The second-order valence-corrected chi connectivity index (χ2v) is 5.54. The van der Waals surface area contributed by atoms with Gasteiger partial charge in [-0.05, 0) is 54.6 Å². The molecule has 2 N–H and O–H groups in total. The number of hydrogen-bond donors (Lipinski definition) is 2. The fraction of sp³-hybridized carbons (Fsp3) is 0. The van der Waals surface area contributed by atoms with Crippen LogP contribution in [-0.4, -0.2) is 11.8 Å². The van der Waals surface area contributed by atoms with Crippen molar-refractivity contribution >= 4 is 23.2 Å². The fourth-order valence-corrected chi connectivity index (χ4v) is 2.36. The van der Waals surface area contributed by atoms with Gasteiger partial charge in [-0.2, -0.15) is 5.26 Å². The number of hydrogen-bond acceptors (Lipinski definition) is 3. The van der Waals surface area contributed by atoms with Crippen LogP contribution < -0.4 is 10.6 Å². The van der Waals surface area contributed by atoms with E-state index in [0.29, 0.717) is 28.1 Å². The predicted molar refractivity (Wildman–Crippen MR) is 99.9 cm³/mol. The highest BCUT2D eigenvalue weighted by atomic mass is 16.2. The van der Waals surface area contributed by atoms with Gasteiger partial charge in [-0.1, -0.05) is 24.3 Å². The molecule has 0 heterocycles. The number of benzene rings is 3. The van der Waals surface area contributed by atoms with Gasteiger partial charge in [-0.3, -0.25) is 9.59 Å². The maximum Gasteiger partial charge on any atom is 0.255 e. The predicted octanol–water partition coefficient (Wildman–Crippen LogP) is 4.06. The van der Waals surface area contributed by atoms with E-state index in [1.54, 1.807) is 72.8 Å². The third-order valence-corrected chi connectivity index (χ3v) is 3.69. The average molecular weight is 341 g/mol. The van der Waals surface area contributed by atoms with Crippen LogP contribution in [0.3, 0.4) is 0 Å². The topological polar surface area (TPSA) is 82.0 Å². The van der Waals surface area contributed by atoms with Crippen molar-refractivity contribution in [3.63, 3.8) is 0 Å². The normalized spacial score (nSPS) is 9.81. The van der Waals surface area contributed by atoms with Crippen LogP contribution in [0.2, 0.25) is 0 Å². The molecule has 0 unspecified atom stereocenters. The van der Waals surface area contributed by atoms with Gasteiger partial charge in [0.1, 0.15) is 0 Å². The SMILES string of the molecule is N#Cc1ccc(NC(=O)c2cccc(NC(=O)c3ccccc3)c2)cc1. The maximum atomic E-state index is 12.4. The summed E-state index contributed by atoms with van der Waals surface area (Å²) in [5.41, 5.74) is 2.60. The molecule has 3 rings (SSSR count). The highest BCUT2D eigenvalue weighted by molar-refractivity contribution is 6.07. The third kappa shape index (κ3) is 4.13. The number of nitriles is 1. The number of carbonyl (C=O) groups is 2. The van der Waals surface area contributed by atoms with E-state index < -0.39 is 0 Å². The Morgan fingerprint density at radius 3 is 2.00 bits per heavy atom. The van der Waals surface area contributed by atoms with Crippen LogP contribution in [0, 0.1) is 11.3 Å². The lowest BCUT2D eigenvalue weighted by molar-refractivity contribution is 0.101. The van der Waals surface area contributed by atoms with Crippen molar-refractivity contribution in [2.24, 2.45) is 0 Å². The largest absolute Gasteiger partial charge is 0.322 e. The Labute approximate surface area is 150 Å². The first-order valence-electron chi connectivity index (χ1n) is 7.94. The van der Waals surface area contributed by atoms with Gasteiger partial charge in [0, 0.05) is 22.5 Å². The quantitative estimate of drug-likeness (QED) is 0.750. The molecule has 0 aliphatic rings. The Balaban J connectivity index is 1.71.